The van der Waals surface area contributed by atoms with Gasteiger partial charge in [0.05, 0.1) is 6.10 Å². The maximum Gasteiger partial charge on any atom is 0.132 e. The maximum absolute atomic E-state index is 11.7. The van der Waals surface area contributed by atoms with Crippen LogP contribution < -0.4 is 0 Å². The number of hydrogen-bond donors (Lipinski definition) is 1. The van der Waals surface area contributed by atoms with E-state index in [9.17, 15) is 9.90 Å². The minimum Gasteiger partial charge on any atom is -0.393 e. The van der Waals surface area contributed by atoms with E-state index in [0.29, 0.717) is 5.78 Å². The molecule has 0 bridgehead atoms. The van der Waals surface area contributed by atoms with Crippen molar-refractivity contribution in [1.82, 2.24) is 0 Å². The first-order valence-electron chi connectivity index (χ1n) is 8.90. The van der Waals surface area contributed by atoms with Crippen LogP contribution in [-0.4, -0.2) is 17.0 Å². The Labute approximate surface area is 126 Å². The summed E-state index contributed by atoms with van der Waals surface area (Å²) >= 11 is 0. The fraction of sp³-hybridized carbons (Fsp3) is 0.944. The van der Waals surface area contributed by atoms with Gasteiger partial charge in [-0.2, -0.15) is 0 Å². The smallest absolute Gasteiger partial charge is 0.132 e. The summed E-state index contributed by atoms with van der Waals surface area (Å²) in [5, 5.41) is 9.71. The fourth-order valence-electron chi connectivity index (χ4n) is 2.51. The Kier molecular flexibility index (Phi) is 14.7. The molecule has 0 heterocycles. The first-order chi connectivity index (χ1) is 9.70. The molecule has 2 nitrogen and oxygen atoms in total. The molecular formula is C18H36O2. The highest BCUT2D eigenvalue weighted by molar-refractivity contribution is 5.78. The lowest BCUT2D eigenvalue weighted by atomic mass is 10.0. The Morgan fingerprint density at radius 1 is 0.750 bits per heavy atom. The number of hydrogen-bond acceptors (Lipinski definition) is 2. The molecule has 1 unspecified atom stereocenters. The highest BCUT2D eigenvalue weighted by atomic mass is 16.3. The first kappa shape index (κ1) is 19.6. The normalized spacial score (nSPS) is 12.6. The van der Waals surface area contributed by atoms with Crippen LogP contribution in [0.2, 0.25) is 0 Å². The zero-order valence-corrected chi connectivity index (χ0v) is 13.8. The molecule has 0 saturated heterocycles. The van der Waals surface area contributed by atoms with Crippen LogP contribution in [-0.2, 0) is 4.79 Å². The molecule has 120 valence electrons. The first-order valence-corrected chi connectivity index (χ1v) is 8.90. The molecule has 0 rings (SSSR count). The summed E-state index contributed by atoms with van der Waals surface area (Å²) in [5.74, 6) is 0.438. The van der Waals surface area contributed by atoms with Gasteiger partial charge in [0.25, 0.3) is 0 Å². The third-order valence-corrected chi connectivity index (χ3v) is 3.94. The van der Waals surface area contributed by atoms with Gasteiger partial charge in [-0.15, -0.1) is 0 Å². The summed E-state index contributed by atoms with van der Waals surface area (Å²) in [6.45, 7) is 4.37. The van der Waals surface area contributed by atoms with Gasteiger partial charge in [-0.3, -0.25) is 4.79 Å². The minimum atomic E-state index is -0.121. The average molecular weight is 284 g/mol. The highest BCUT2D eigenvalue weighted by Gasteiger charge is 2.04. The van der Waals surface area contributed by atoms with Crippen LogP contribution in [0.5, 0.6) is 0 Å². The standard InChI is InChI=1S/C18H36O2/c1-3-5-7-8-10-14-18(20)16-12-9-11-15-17(19)13-6-4-2/h17,19H,3-16H2,1-2H3. The lowest BCUT2D eigenvalue weighted by Gasteiger charge is -2.09. The van der Waals surface area contributed by atoms with Gasteiger partial charge in [-0.05, 0) is 25.7 Å². The van der Waals surface area contributed by atoms with Crippen molar-refractivity contribution in [3.63, 3.8) is 0 Å². The SMILES string of the molecule is CCCCCCCC(=O)CCCCCC(O)CCCC. The van der Waals surface area contributed by atoms with Gasteiger partial charge >= 0.3 is 0 Å². The lowest BCUT2D eigenvalue weighted by Crippen LogP contribution is -2.06. The zero-order valence-electron chi connectivity index (χ0n) is 13.8. The quantitative estimate of drug-likeness (QED) is 0.408. The van der Waals surface area contributed by atoms with E-state index in [1.54, 1.807) is 0 Å². The van der Waals surface area contributed by atoms with Gasteiger partial charge < -0.3 is 5.11 Å². The van der Waals surface area contributed by atoms with Crippen LogP contribution in [0.1, 0.15) is 104 Å². The van der Waals surface area contributed by atoms with Crippen LogP contribution >= 0.6 is 0 Å². The topological polar surface area (TPSA) is 37.3 Å². The second kappa shape index (κ2) is 15.0. The minimum absolute atomic E-state index is 0.121. The van der Waals surface area contributed by atoms with Crippen molar-refractivity contribution in [2.75, 3.05) is 0 Å². The number of Topliss-reactive ketones (excluding diaryl/α,β-unsaturated/α-hetero) is 1. The molecule has 0 saturated carbocycles. The molecule has 20 heavy (non-hydrogen) atoms. The fourth-order valence-corrected chi connectivity index (χ4v) is 2.51. The Morgan fingerprint density at radius 2 is 1.25 bits per heavy atom. The van der Waals surface area contributed by atoms with Crippen molar-refractivity contribution >= 4 is 5.78 Å². The molecule has 0 aromatic rings. The van der Waals surface area contributed by atoms with Crippen molar-refractivity contribution in [2.45, 2.75) is 110 Å². The van der Waals surface area contributed by atoms with E-state index >= 15 is 0 Å². The molecule has 0 aromatic heterocycles. The second-order valence-corrected chi connectivity index (χ2v) is 6.10. The Bertz CT molecular complexity index is 213. The van der Waals surface area contributed by atoms with E-state index in [1.165, 1.54) is 25.7 Å². The van der Waals surface area contributed by atoms with Crippen molar-refractivity contribution in [2.24, 2.45) is 0 Å². The monoisotopic (exact) mass is 284 g/mol. The van der Waals surface area contributed by atoms with Crippen LogP contribution in [0.15, 0.2) is 0 Å². The van der Waals surface area contributed by atoms with Gasteiger partial charge in [0, 0.05) is 12.8 Å². The van der Waals surface area contributed by atoms with Crippen LogP contribution in [0.4, 0.5) is 0 Å². The second-order valence-electron chi connectivity index (χ2n) is 6.10. The zero-order chi connectivity index (χ0) is 15.1. The molecule has 0 fully saturated rings. The molecule has 1 atom stereocenters. The number of aliphatic hydroxyl groups is 1. The molecule has 0 aliphatic carbocycles. The summed E-state index contributed by atoms with van der Waals surface area (Å²) < 4.78 is 0. The van der Waals surface area contributed by atoms with Gasteiger partial charge in [-0.25, -0.2) is 0 Å². The predicted molar refractivity (Wildman–Crippen MR) is 87.0 cm³/mol. The van der Waals surface area contributed by atoms with E-state index in [4.69, 9.17) is 0 Å². The van der Waals surface area contributed by atoms with Crippen molar-refractivity contribution in [1.29, 1.82) is 0 Å². The van der Waals surface area contributed by atoms with Gasteiger partial charge in [-0.1, -0.05) is 65.2 Å². The number of carbonyl (C=O) groups is 1. The number of ketones is 1. The van der Waals surface area contributed by atoms with Gasteiger partial charge in [0.15, 0.2) is 0 Å². The predicted octanol–water partition coefficient (Wildman–Crippen LogP) is 5.42. The molecule has 0 radical (unpaired) electrons. The Balaban J connectivity index is 3.26. The Morgan fingerprint density at radius 3 is 1.85 bits per heavy atom. The highest BCUT2D eigenvalue weighted by Crippen LogP contribution is 2.12. The molecular weight excluding hydrogens is 248 g/mol. The Hall–Kier alpha value is -0.370. The van der Waals surface area contributed by atoms with E-state index in [2.05, 4.69) is 13.8 Å². The van der Waals surface area contributed by atoms with Gasteiger partial charge in [0.2, 0.25) is 0 Å². The largest absolute Gasteiger partial charge is 0.393 e. The molecule has 0 aliphatic rings. The molecule has 0 amide bonds. The van der Waals surface area contributed by atoms with E-state index in [0.717, 1.165) is 64.2 Å². The molecule has 0 aliphatic heterocycles. The van der Waals surface area contributed by atoms with Gasteiger partial charge in [0.1, 0.15) is 5.78 Å². The van der Waals surface area contributed by atoms with Crippen molar-refractivity contribution < 1.29 is 9.90 Å². The molecule has 0 aromatic carbocycles. The lowest BCUT2D eigenvalue weighted by molar-refractivity contribution is -0.119. The molecule has 2 heteroatoms. The molecule has 1 N–H and O–H groups in total. The van der Waals surface area contributed by atoms with Crippen LogP contribution in [0, 0.1) is 0 Å². The van der Waals surface area contributed by atoms with E-state index in [-0.39, 0.29) is 6.10 Å². The molecule has 0 spiro atoms. The maximum atomic E-state index is 11.7. The third-order valence-electron chi connectivity index (χ3n) is 3.94. The number of aliphatic hydroxyl groups excluding tert-OH is 1. The summed E-state index contributed by atoms with van der Waals surface area (Å²) in [7, 11) is 0. The number of carbonyl (C=O) groups excluding carboxylic acids is 1. The van der Waals surface area contributed by atoms with Crippen molar-refractivity contribution in [3.05, 3.63) is 0 Å². The summed E-state index contributed by atoms with van der Waals surface area (Å²) in [4.78, 5) is 11.7. The van der Waals surface area contributed by atoms with Crippen LogP contribution in [0.3, 0.4) is 0 Å². The number of unbranched alkanes of at least 4 members (excludes halogenated alkanes) is 7. The van der Waals surface area contributed by atoms with Crippen molar-refractivity contribution in [3.8, 4) is 0 Å². The summed E-state index contributed by atoms with van der Waals surface area (Å²) in [6.07, 6.45) is 14.8. The summed E-state index contributed by atoms with van der Waals surface area (Å²) in [6, 6.07) is 0. The van der Waals surface area contributed by atoms with E-state index < -0.39 is 0 Å². The summed E-state index contributed by atoms with van der Waals surface area (Å²) in [5.41, 5.74) is 0. The average Bonchev–Trinajstić information content (AvgIpc) is 2.44. The van der Waals surface area contributed by atoms with E-state index in [1.807, 2.05) is 0 Å². The van der Waals surface area contributed by atoms with Crippen LogP contribution in [0.25, 0.3) is 0 Å². The number of rotatable bonds is 15. The third kappa shape index (κ3) is 14.0.